The first-order chi connectivity index (χ1) is 6.54. The largest absolute Gasteiger partial charge is 0.396 e. The first kappa shape index (κ1) is 10.1. The van der Waals surface area contributed by atoms with Crippen LogP contribution in [-0.2, 0) is 7.05 Å². The van der Waals surface area contributed by atoms with E-state index in [9.17, 15) is 4.79 Å². The van der Waals surface area contributed by atoms with Gasteiger partial charge < -0.3 is 11.1 Å². The van der Waals surface area contributed by atoms with Crippen molar-refractivity contribution in [1.82, 2.24) is 15.1 Å². The maximum Gasteiger partial charge on any atom is 0.274 e. The summed E-state index contributed by atoms with van der Waals surface area (Å²) in [5.41, 5.74) is 6.11. The van der Waals surface area contributed by atoms with Crippen LogP contribution >= 0.6 is 0 Å². The lowest BCUT2D eigenvalue weighted by Crippen LogP contribution is -2.32. The highest BCUT2D eigenvalue weighted by molar-refractivity contribution is 5.97. The number of aromatic nitrogens is 2. The number of nitrogens with two attached hydrogens (primary N) is 1. The molecular formula is C9H12N4O. The molecule has 1 unspecified atom stereocenters. The predicted octanol–water partition coefficient (Wildman–Crippen LogP) is -0.246. The highest BCUT2D eigenvalue weighted by Crippen LogP contribution is 2.07. The van der Waals surface area contributed by atoms with E-state index in [1.807, 2.05) is 0 Å². The third-order valence-corrected chi connectivity index (χ3v) is 1.67. The molecule has 1 heterocycles. The van der Waals surface area contributed by atoms with E-state index in [1.54, 1.807) is 20.2 Å². The first-order valence-electron chi connectivity index (χ1n) is 4.10. The van der Waals surface area contributed by atoms with Gasteiger partial charge in [0.2, 0.25) is 0 Å². The highest BCUT2D eigenvalue weighted by Gasteiger charge is 2.14. The van der Waals surface area contributed by atoms with Crippen LogP contribution in [0.3, 0.4) is 0 Å². The second-order valence-electron chi connectivity index (χ2n) is 2.97. The average molecular weight is 192 g/mol. The summed E-state index contributed by atoms with van der Waals surface area (Å²) in [5.74, 6) is 2.03. The van der Waals surface area contributed by atoms with Gasteiger partial charge in [-0.1, -0.05) is 5.92 Å². The molecule has 0 saturated carbocycles. The topological polar surface area (TPSA) is 72.9 Å². The van der Waals surface area contributed by atoms with Crippen LogP contribution in [0, 0.1) is 12.3 Å². The highest BCUT2D eigenvalue weighted by atomic mass is 16.2. The molecule has 1 amide bonds. The number of hydrogen-bond acceptors (Lipinski definition) is 3. The quantitative estimate of drug-likeness (QED) is 0.635. The number of aryl methyl sites for hydroxylation is 1. The Hall–Kier alpha value is -1.96. The summed E-state index contributed by atoms with van der Waals surface area (Å²) < 4.78 is 1.48. The number of hydrogen-bond donors (Lipinski definition) is 2. The van der Waals surface area contributed by atoms with Gasteiger partial charge in [0, 0.05) is 13.2 Å². The van der Waals surface area contributed by atoms with Crippen LogP contribution in [0.15, 0.2) is 6.20 Å². The Bertz CT molecular complexity index is 388. The van der Waals surface area contributed by atoms with Crippen LogP contribution in [0.5, 0.6) is 0 Å². The number of amides is 1. The SMILES string of the molecule is C#CC(C)NC(=O)c1nn(C)cc1N. The van der Waals surface area contributed by atoms with Crippen LogP contribution in [0.2, 0.25) is 0 Å². The number of carbonyl (C=O) groups excluding carboxylic acids is 1. The monoisotopic (exact) mass is 192 g/mol. The summed E-state index contributed by atoms with van der Waals surface area (Å²) in [6, 6.07) is -0.330. The van der Waals surface area contributed by atoms with Gasteiger partial charge in [-0.3, -0.25) is 9.48 Å². The zero-order chi connectivity index (χ0) is 10.7. The minimum absolute atomic E-state index is 0.203. The van der Waals surface area contributed by atoms with Crippen LogP contribution in [0.1, 0.15) is 17.4 Å². The zero-order valence-electron chi connectivity index (χ0n) is 8.11. The minimum Gasteiger partial charge on any atom is -0.396 e. The summed E-state index contributed by atoms with van der Waals surface area (Å²) in [6.07, 6.45) is 6.69. The molecule has 14 heavy (non-hydrogen) atoms. The molecule has 0 saturated heterocycles. The molecule has 0 aromatic carbocycles. The molecule has 74 valence electrons. The van der Waals surface area contributed by atoms with Gasteiger partial charge in [-0.25, -0.2) is 0 Å². The van der Waals surface area contributed by atoms with E-state index in [4.69, 9.17) is 12.2 Å². The predicted molar refractivity (Wildman–Crippen MR) is 53.4 cm³/mol. The summed E-state index contributed by atoms with van der Waals surface area (Å²) in [5, 5.41) is 6.48. The van der Waals surface area contributed by atoms with Crippen LogP contribution in [0.25, 0.3) is 0 Å². The van der Waals surface area contributed by atoms with E-state index in [2.05, 4.69) is 16.3 Å². The molecular weight excluding hydrogens is 180 g/mol. The number of terminal acetylenes is 1. The van der Waals surface area contributed by atoms with E-state index < -0.39 is 0 Å². The molecule has 1 aromatic heterocycles. The van der Waals surface area contributed by atoms with Gasteiger partial charge in [0.15, 0.2) is 5.69 Å². The standard InChI is InChI=1S/C9H12N4O/c1-4-6(2)11-9(14)8-7(10)5-13(3)12-8/h1,5-6H,10H2,2-3H3,(H,11,14). The maximum atomic E-state index is 11.5. The van der Waals surface area contributed by atoms with Gasteiger partial charge in [-0.05, 0) is 6.92 Å². The number of nitrogens with one attached hydrogen (secondary N) is 1. The van der Waals surface area contributed by atoms with E-state index in [-0.39, 0.29) is 17.6 Å². The normalized spacial score (nSPS) is 11.8. The van der Waals surface area contributed by atoms with E-state index in [0.717, 1.165) is 0 Å². The summed E-state index contributed by atoms with van der Waals surface area (Å²) in [7, 11) is 1.69. The molecule has 5 nitrogen and oxygen atoms in total. The first-order valence-corrected chi connectivity index (χ1v) is 4.10. The lowest BCUT2D eigenvalue weighted by molar-refractivity contribution is 0.0943. The summed E-state index contributed by atoms with van der Waals surface area (Å²) in [4.78, 5) is 11.5. The molecule has 0 aliphatic carbocycles. The molecule has 0 bridgehead atoms. The molecule has 0 aliphatic rings. The van der Waals surface area contributed by atoms with Crippen molar-refractivity contribution in [1.29, 1.82) is 0 Å². The number of carbonyl (C=O) groups is 1. The maximum absolute atomic E-state index is 11.5. The van der Waals surface area contributed by atoms with Crippen molar-refractivity contribution >= 4 is 11.6 Å². The Morgan fingerprint density at radius 2 is 2.50 bits per heavy atom. The van der Waals surface area contributed by atoms with E-state index in [0.29, 0.717) is 5.69 Å². The molecule has 5 heteroatoms. The van der Waals surface area contributed by atoms with E-state index in [1.165, 1.54) is 4.68 Å². The van der Waals surface area contributed by atoms with Gasteiger partial charge in [0.25, 0.3) is 5.91 Å². The minimum atomic E-state index is -0.353. The summed E-state index contributed by atoms with van der Waals surface area (Å²) in [6.45, 7) is 1.71. The number of nitrogen functional groups attached to an aromatic ring is 1. The fourth-order valence-corrected chi connectivity index (χ4v) is 0.990. The van der Waals surface area contributed by atoms with Gasteiger partial charge in [0.1, 0.15) is 0 Å². The van der Waals surface area contributed by atoms with Crippen LogP contribution in [-0.4, -0.2) is 21.7 Å². The molecule has 0 fully saturated rings. The van der Waals surface area contributed by atoms with Crippen molar-refractivity contribution < 1.29 is 4.79 Å². The molecule has 0 spiro atoms. The Kier molecular flexibility index (Phi) is 2.77. The Morgan fingerprint density at radius 1 is 1.86 bits per heavy atom. The fraction of sp³-hybridized carbons (Fsp3) is 0.333. The third-order valence-electron chi connectivity index (χ3n) is 1.67. The van der Waals surface area contributed by atoms with Crippen molar-refractivity contribution in [3.05, 3.63) is 11.9 Å². The molecule has 0 radical (unpaired) electrons. The van der Waals surface area contributed by atoms with Gasteiger partial charge >= 0.3 is 0 Å². The smallest absolute Gasteiger partial charge is 0.274 e. The Morgan fingerprint density at radius 3 is 2.93 bits per heavy atom. The number of rotatable bonds is 2. The Balaban J connectivity index is 2.80. The lowest BCUT2D eigenvalue weighted by Gasteiger charge is -2.05. The zero-order valence-corrected chi connectivity index (χ0v) is 8.11. The summed E-state index contributed by atoms with van der Waals surface area (Å²) >= 11 is 0. The van der Waals surface area contributed by atoms with Crippen LogP contribution in [0.4, 0.5) is 5.69 Å². The fourth-order valence-electron chi connectivity index (χ4n) is 0.990. The van der Waals surface area contributed by atoms with Crippen molar-refractivity contribution in [3.8, 4) is 12.3 Å². The van der Waals surface area contributed by atoms with Gasteiger partial charge in [-0.2, -0.15) is 5.10 Å². The molecule has 1 aromatic rings. The third kappa shape index (κ3) is 2.04. The van der Waals surface area contributed by atoms with Crippen LogP contribution < -0.4 is 11.1 Å². The second-order valence-corrected chi connectivity index (χ2v) is 2.97. The van der Waals surface area contributed by atoms with Gasteiger partial charge in [-0.15, -0.1) is 6.42 Å². The molecule has 1 atom stereocenters. The van der Waals surface area contributed by atoms with Crippen molar-refractivity contribution in [3.63, 3.8) is 0 Å². The molecule has 3 N–H and O–H groups in total. The number of nitrogens with zero attached hydrogens (tertiary/aromatic N) is 2. The van der Waals surface area contributed by atoms with Gasteiger partial charge in [0.05, 0.1) is 11.7 Å². The average Bonchev–Trinajstić information content (AvgIpc) is 2.45. The molecule has 1 rings (SSSR count). The number of anilines is 1. The Labute approximate surface area is 82.3 Å². The molecule has 0 aliphatic heterocycles. The van der Waals surface area contributed by atoms with Crippen molar-refractivity contribution in [2.24, 2.45) is 7.05 Å². The van der Waals surface area contributed by atoms with Crippen molar-refractivity contribution in [2.45, 2.75) is 13.0 Å². The lowest BCUT2D eigenvalue weighted by atomic mass is 10.3. The second kappa shape index (κ2) is 3.83. The van der Waals surface area contributed by atoms with E-state index >= 15 is 0 Å². The van der Waals surface area contributed by atoms with Crippen molar-refractivity contribution in [2.75, 3.05) is 5.73 Å².